The number of carbonyl (C=O) groups excluding carboxylic acids is 1. The van der Waals surface area contributed by atoms with Gasteiger partial charge in [-0.25, -0.2) is 0 Å². The summed E-state index contributed by atoms with van der Waals surface area (Å²) >= 11 is 0. The lowest BCUT2D eigenvalue weighted by atomic mass is 10.00. The number of aryl methyl sites for hydroxylation is 2. The predicted molar refractivity (Wildman–Crippen MR) is 74.7 cm³/mol. The van der Waals surface area contributed by atoms with Gasteiger partial charge in [0.1, 0.15) is 6.04 Å². The standard InChI is InChI=1S/C15H22N2O/c1-9(2)7-8-17-14-11(4)6-5-10(3)12(14)13(16)15(17)18/h5-6,9,13H,7-8,16H2,1-4H3. The summed E-state index contributed by atoms with van der Waals surface area (Å²) in [4.78, 5) is 14.2. The van der Waals surface area contributed by atoms with Crippen LogP contribution < -0.4 is 10.6 Å². The molecule has 1 heterocycles. The van der Waals surface area contributed by atoms with E-state index in [2.05, 4.69) is 19.9 Å². The fraction of sp³-hybridized carbons (Fsp3) is 0.533. The van der Waals surface area contributed by atoms with Gasteiger partial charge in [0.15, 0.2) is 0 Å². The van der Waals surface area contributed by atoms with E-state index in [0.717, 1.165) is 35.3 Å². The molecule has 0 radical (unpaired) electrons. The number of rotatable bonds is 3. The topological polar surface area (TPSA) is 46.3 Å². The van der Waals surface area contributed by atoms with Gasteiger partial charge in [-0.2, -0.15) is 0 Å². The highest BCUT2D eigenvalue weighted by Crippen LogP contribution is 2.39. The van der Waals surface area contributed by atoms with Gasteiger partial charge in [0, 0.05) is 12.1 Å². The lowest BCUT2D eigenvalue weighted by Gasteiger charge is -2.20. The molecule has 1 aromatic rings. The van der Waals surface area contributed by atoms with Gasteiger partial charge >= 0.3 is 0 Å². The molecule has 2 rings (SSSR count). The van der Waals surface area contributed by atoms with E-state index in [1.54, 1.807) is 0 Å². The number of hydrogen-bond acceptors (Lipinski definition) is 2. The van der Waals surface area contributed by atoms with Crippen LogP contribution in [0.15, 0.2) is 12.1 Å². The van der Waals surface area contributed by atoms with E-state index in [1.165, 1.54) is 0 Å². The molecule has 1 aliphatic rings. The predicted octanol–water partition coefficient (Wildman–Crippen LogP) is 2.70. The van der Waals surface area contributed by atoms with Crippen molar-refractivity contribution in [3.8, 4) is 0 Å². The van der Waals surface area contributed by atoms with E-state index < -0.39 is 6.04 Å². The lowest BCUT2D eigenvalue weighted by Crippen LogP contribution is -2.33. The minimum absolute atomic E-state index is 0.0445. The van der Waals surface area contributed by atoms with Crippen LogP contribution in [0.3, 0.4) is 0 Å². The van der Waals surface area contributed by atoms with Gasteiger partial charge in [0.25, 0.3) is 0 Å². The molecule has 0 aliphatic carbocycles. The lowest BCUT2D eigenvalue weighted by molar-refractivity contribution is -0.119. The molecule has 3 heteroatoms. The molecule has 0 saturated carbocycles. The smallest absolute Gasteiger partial charge is 0.248 e. The highest BCUT2D eigenvalue weighted by atomic mass is 16.2. The first-order valence-electron chi connectivity index (χ1n) is 6.60. The average molecular weight is 246 g/mol. The fourth-order valence-electron chi connectivity index (χ4n) is 2.58. The Bertz CT molecular complexity index is 480. The van der Waals surface area contributed by atoms with E-state index in [0.29, 0.717) is 5.92 Å². The van der Waals surface area contributed by atoms with Gasteiger partial charge in [-0.3, -0.25) is 4.79 Å². The van der Waals surface area contributed by atoms with Crippen LogP contribution in [0.4, 0.5) is 5.69 Å². The monoisotopic (exact) mass is 246 g/mol. The van der Waals surface area contributed by atoms with Crippen molar-refractivity contribution < 1.29 is 4.79 Å². The molecular weight excluding hydrogens is 224 g/mol. The second kappa shape index (κ2) is 4.73. The number of hydrogen-bond donors (Lipinski definition) is 1. The number of amides is 1. The van der Waals surface area contributed by atoms with Gasteiger partial charge < -0.3 is 10.6 Å². The van der Waals surface area contributed by atoms with Crippen LogP contribution in [0.5, 0.6) is 0 Å². The zero-order valence-corrected chi connectivity index (χ0v) is 11.7. The summed E-state index contributed by atoms with van der Waals surface area (Å²) in [6, 6.07) is 3.64. The molecule has 0 aromatic heterocycles. The number of benzene rings is 1. The minimum Gasteiger partial charge on any atom is -0.316 e. The number of nitrogens with two attached hydrogens (primary N) is 1. The Morgan fingerprint density at radius 2 is 1.89 bits per heavy atom. The summed E-state index contributed by atoms with van der Waals surface area (Å²) in [5.41, 5.74) is 10.4. The van der Waals surface area contributed by atoms with Crippen molar-refractivity contribution in [3.05, 3.63) is 28.8 Å². The zero-order valence-electron chi connectivity index (χ0n) is 11.7. The first-order chi connectivity index (χ1) is 8.43. The highest BCUT2D eigenvalue weighted by Gasteiger charge is 2.36. The Morgan fingerprint density at radius 3 is 2.50 bits per heavy atom. The van der Waals surface area contributed by atoms with Crippen molar-refractivity contribution in [2.24, 2.45) is 11.7 Å². The average Bonchev–Trinajstić information content (AvgIpc) is 2.56. The molecule has 0 spiro atoms. The molecule has 1 unspecified atom stereocenters. The SMILES string of the molecule is Cc1ccc(C)c2c1C(N)C(=O)N2CCC(C)C. The summed E-state index contributed by atoms with van der Waals surface area (Å²) in [5.74, 6) is 0.631. The normalized spacial score (nSPS) is 18.7. The molecule has 98 valence electrons. The van der Waals surface area contributed by atoms with Crippen molar-refractivity contribution in [3.63, 3.8) is 0 Å². The van der Waals surface area contributed by atoms with E-state index in [1.807, 2.05) is 24.8 Å². The second-order valence-corrected chi connectivity index (χ2v) is 5.61. The van der Waals surface area contributed by atoms with E-state index in [9.17, 15) is 4.79 Å². The van der Waals surface area contributed by atoms with Crippen molar-refractivity contribution in [1.82, 2.24) is 0 Å². The van der Waals surface area contributed by atoms with Crippen LogP contribution >= 0.6 is 0 Å². The van der Waals surface area contributed by atoms with Gasteiger partial charge in [0.2, 0.25) is 5.91 Å². The third-order valence-electron chi connectivity index (χ3n) is 3.68. The maximum atomic E-state index is 12.3. The van der Waals surface area contributed by atoms with Gasteiger partial charge in [-0.15, -0.1) is 0 Å². The van der Waals surface area contributed by atoms with Crippen LogP contribution in [0.1, 0.15) is 43.0 Å². The van der Waals surface area contributed by atoms with Crippen molar-refractivity contribution >= 4 is 11.6 Å². The maximum Gasteiger partial charge on any atom is 0.248 e. The van der Waals surface area contributed by atoms with Gasteiger partial charge in [-0.1, -0.05) is 26.0 Å². The van der Waals surface area contributed by atoms with Crippen LogP contribution in [-0.4, -0.2) is 12.5 Å². The Labute approximate surface area is 109 Å². The molecule has 1 amide bonds. The Kier molecular flexibility index (Phi) is 3.44. The maximum absolute atomic E-state index is 12.3. The molecule has 0 fully saturated rings. The quantitative estimate of drug-likeness (QED) is 0.891. The first kappa shape index (κ1) is 13.1. The van der Waals surface area contributed by atoms with Crippen LogP contribution in [0.2, 0.25) is 0 Å². The van der Waals surface area contributed by atoms with Crippen LogP contribution in [0, 0.1) is 19.8 Å². The van der Waals surface area contributed by atoms with Crippen molar-refractivity contribution in [2.75, 3.05) is 11.4 Å². The number of anilines is 1. The van der Waals surface area contributed by atoms with Gasteiger partial charge in [-0.05, 0) is 37.3 Å². The molecule has 1 aromatic carbocycles. The molecule has 18 heavy (non-hydrogen) atoms. The number of nitrogens with zero attached hydrogens (tertiary/aromatic N) is 1. The summed E-state index contributed by atoms with van der Waals surface area (Å²) < 4.78 is 0. The van der Waals surface area contributed by atoms with Crippen LogP contribution in [-0.2, 0) is 4.79 Å². The molecular formula is C15H22N2O. The van der Waals surface area contributed by atoms with Gasteiger partial charge in [0.05, 0.1) is 5.69 Å². The second-order valence-electron chi connectivity index (χ2n) is 5.61. The van der Waals surface area contributed by atoms with E-state index in [4.69, 9.17) is 5.73 Å². The third kappa shape index (κ3) is 2.03. The molecule has 0 bridgehead atoms. The van der Waals surface area contributed by atoms with Crippen LogP contribution in [0.25, 0.3) is 0 Å². The van der Waals surface area contributed by atoms with Crippen molar-refractivity contribution in [2.45, 2.75) is 40.2 Å². The molecule has 2 N–H and O–H groups in total. The fourth-order valence-corrected chi connectivity index (χ4v) is 2.58. The number of fused-ring (bicyclic) bond motifs is 1. The summed E-state index contributed by atoms with van der Waals surface area (Å²) in [6.45, 7) is 9.18. The molecule has 0 saturated heterocycles. The molecule has 1 aliphatic heterocycles. The third-order valence-corrected chi connectivity index (χ3v) is 3.68. The van der Waals surface area contributed by atoms with Crippen molar-refractivity contribution in [1.29, 1.82) is 0 Å². The highest BCUT2D eigenvalue weighted by molar-refractivity contribution is 6.05. The summed E-state index contributed by atoms with van der Waals surface area (Å²) in [5, 5.41) is 0. The van der Waals surface area contributed by atoms with E-state index >= 15 is 0 Å². The Hall–Kier alpha value is -1.35. The molecule has 3 nitrogen and oxygen atoms in total. The largest absolute Gasteiger partial charge is 0.316 e. The first-order valence-corrected chi connectivity index (χ1v) is 6.60. The summed E-state index contributed by atoms with van der Waals surface area (Å²) in [6.07, 6.45) is 1.01. The zero-order chi connectivity index (χ0) is 13.4. The minimum atomic E-state index is -0.480. The van der Waals surface area contributed by atoms with E-state index in [-0.39, 0.29) is 5.91 Å². The molecule has 1 atom stereocenters. The Morgan fingerprint density at radius 1 is 1.28 bits per heavy atom. The Balaban J connectivity index is 2.41. The summed E-state index contributed by atoms with van der Waals surface area (Å²) in [7, 11) is 0. The number of carbonyl (C=O) groups is 1.